The van der Waals surface area contributed by atoms with E-state index in [1.54, 1.807) is 24.4 Å². The molecule has 138 valence electrons. The first kappa shape index (κ1) is 18.2. The lowest BCUT2D eigenvalue weighted by Gasteiger charge is -2.08. The molecule has 1 N–H and O–H groups in total. The van der Waals surface area contributed by atoms with Crippen molar-refractivity contribution in [1.29, 1.82) is 0 Å². The number of carbonyl (C=O) groups is 3. The van der Waals surface area contributed by atoms with Gasteiger partial charge in [-0.1, -0.05) is 6.92 Å². The summed E-state index contributed by atoms with van der Waals surface area (Å²) in [6.45, 7) is 3.47. The van der Waals surface area contributed by atoms with E-state index < -0.39 is 18.5 Å². The first-order valence-electron chi connectivity index (χ1n) is 8.30. The van der Waals surface area contributed by atoms with Crippen molar-refractivity contribution in [3.05, 3.63) is 29.3 Å². The van der Waals surface area contributed by atoms with E-state index in [1.165, 1.54) is 17.6 Å². The molecule has 2 heterocycles. The fraction of sp³-hybridized carbons (Fsp3) is 0.389. The molecular formula is C18H19NO6S. The quantitative estimate of drug-likeness (QED) is 0.744. The van der Waals surface area contributed by atoms with Gasteiger partial charge in [-0.05, 0) is 31.4 Å². The number of carbonyl (C=O) groups excluding carboxylic acids is 3. The molecule has 7 nitrogen and oxygen atoms in total. The van der Waals surface area contributed by atoms with Crippen LogP contribution in [0.1, 0.15) is 30.6 Å². The summed E-state index contributed by atoms with van der Waals surface area (Å²) < 4.78 is 15.4. The zero-order valence-corrected chi connectivity index (χ0v) is 15.3. The Morgan fingerprint density at radius 3 is 2.73 bits per heavy atom. The van der Waals surface area contributed by atoms with E-state index in [9.17, 15) is 14.4 Å². The molecule has 0 radical (unpaired) electrons. The van der Waals surface area contributed by atoms with Crippen LogP contribution in [-0.4, -0.2) is 31.1 Å². The molecule has 2 atom stereocenters. The van der Waals surface area contributed by atoms with Crippen LogP contribution in [-0.2, 0) is 19.1 Å². The fourth-order valence-corrected chi connectivity index (χ4v) is 3.48. The van der Waals surface area contributed by atoms with E-state index >= 15 is 0 Å². The average Bonchev–Trinajstić information content (AvgIpc) is 3.03. The Morgan fingerprint density at radius 1 is 1.35 bits per heavy atom. The molecule has 1 fully saturated rings. The predicted molar refractivity (Wildman–Crippen MR) is 94.8 cm³/mol. The Bertz CT molecular complexity index is 810. The Balaban J connectivity index is 1.71. The van der Waals surface area contributed by atoms with E-state index in [-0.39, 0.29) is 24.1 Å². The largest absolute Gasteiger partial charge is 0.464 e. The number of amides is 1. The van der Waals surface area contributed by atoms with Crippen LogP contribution in [0.25, 0.3) is 11.3 Å². The number of rotatable bonds is 7. The zero-order valence-electron chi connectivity index (χ0n) is 14.4. The molecule has 0 unspecified atom stereocenters. The molecular weight excluding hydrogens is 358 g/mol. The van der Waals surface area contributed by atoms with Crippen LogP contribution < -0.4 is 5.32 Å². The summed E-state index contributed by atoms with van der Waals surface area (Å²) in [5.41, 5.74) is 0.764. The summed E-state index contributed by atoms with van der Waals surface area (Å²) in [4.78, 5) is 36.1. The van der Waals surface area contributed by atoms with Gasteiger partial charge in [0.1, 0.15) is 16.3 Å². The molecule has 0 aliphatic heterocycles. The lowest BCUT2D eigenvalue weighted by molar-refractivity contribution is -0.148. The van der Waals surface area contributed by atoms with E-state index in [0.29, 0.717) is 22.2 Å². The molecule has 2 aromatic heterocycles. The van der Waals surface area contributed by atoms with Crippen molar-refractivity contribution in [2.24, 2.45) is 11.8 Å². The first-order chi connectivity index (χ1) is 12.5. The highest BCUT2D eigenvalue weighted by atomic mass is 32.1. The Hall–Kier alpha value is -2.61. The molecule has 1 saturated carbocycles. The van der Waals surface area contributed by atoms with Crippen LogP contribution in [0.3, 0.4) is 0 Å². The lowest BCUT2D eigenvalue weighted by Crippen LogP contribution is -2.22. The van der Waals surface area contributed by atoms with Gasteiger partial charge in [-0.2, -0.15) is 0 Å². The minimum Gasteiger partial charge on any atom is -0.464 e. The maximum absolute atomic E-state index is 12.3. The lowest BCUT2D eigenvalue weighted by atomic mass is 10.1. The molecule has 2 aromatic rings. The maximum atomic E-state index is 12.3. The van der Waals surface area contributed by atoms with E-state index in [1.807, 2.05) is 6.92 Å². The summed E-state index contributed by atoms with van der Waals surface area (Å²) in [5.74, 6) is -0.719. The van der Waals surface area contributed by atoms with Crippen molar-refractivity contribution in [3.8, 4) is 11.3 Å². The summed E-state index contributed by atoms with van der Waals surface area (Å²) in [6, 6.07) is 3.42. The topological polar surface area (TPSA) is 94.8 Å². The van der Waals surface area contributed by atoms with Crippen molar-refractivity contribution >= 4 is 34.2 Å². The van der Waals surface area contributed by atoms with Gasteiger partial charge in [-0.3, -0.25) is 9.59 Å². The van der Waals surface area contributed by atoms with Crippen molar-refractivity contribution in [2.45, 2.75) is 20.3 Å². The smallest absolute Gasteiger partial charge is 0.341 e. The monoisotopic (exact) mass is 377 g/mol. The van der Waals surface area contributed by atoms with Crippen molar-refractivity contribution in [1.82, 2.24) is 0 Å². The SMILES string of the molecule is CCOC(=O)c1c(-c2ccco2)csc1NC(=O)COC(=O)[C@H]1C[C@H]1C. The molecule has 8 heteroatoms. The number of furan rings is 1. The van der Waals surface area contributed by atoms with Crippen LogP contribution in [0.15, 0.2) is 28.2 Å². The maximum Gasteiger partial charge on any atom is 0.341 e. The van der Waals surface area contributed by atoms with Gasteiger partial charge in [0.2, 0.25) is 0 Å². The van der Waals surface area contributed by atoms with E-state index in [2.05, 4.69) is 5.32 Å². The van der Waals surface area contributed by atoms with Crippen LogP contribution >= 0.6 is 11.3 Å². The fourth-order valence-electron chi connectivity index (χ4n) is 2.53. The van der Waals surface area contributed by atoms with E-state index in [0.717, 1.165) is 6.42 Å². The summed E-state index contributed by atoms with van der Waals surface area (Å²) in [6.07, 6.45) is 2.30. The second-order valence-corrected chi connectivity index (χ2v) is 6.91. The van der Waals surface area contributed by atoms with Gasteiger partial charge in [0.15, 0.2) is 6.61 Å². The molecule has 0 bridgehead atoms. The third kappa shape index (κ3) is 3.96. The second-order valence-electron chi connectivity index (χ2n) is 6.03. The highest BCUT2D eigenvalue weighted by molar-refractivity contribution is 7.15. The molecule has 26 heavy (non-hydrogen) atoms. The average molecular weight is 377 g/mol. The van der Waals surface area contributed by atoms with Crippen LogP contribution in [0, 0.1) is 11.8 Å². The highest BCUT2D eigenvalue weighted by Crippen LogP contribution is 2.39. The number of hydrogen-bond acceptors (Lipinski definition) is 7. The second kappa shape index (κ2) is 7.74. The van der Waals surface area contributed by atoms with Gasteiger partial charge < -0.3 is 19.2 Å². The van der Waals surface area contributed by atoms with Gasteiger partial charge in [0, 0.05) is 10.9 Å². The normalized spacial score (nSPS) is 18.2. The molecule has 1 aliphatic rings. The molecule has 3 rings (SSSR count). The number of thiophene rings is 1. The first-order valence-corrected chi connectivity index (χ1v) is 9.18. The van der Waals surface area contributed by atoms with Gasteiger partial charge in [0.25, 0.3) is 5.91 Å². The minimum atomic E-state index is -0.556. The third-order valence-corrected chi connectivity index (χ3v) is 4.96. The standard InChI is InChI=1S/C18H19NO6S/c1-3-23-18(22)15-12(13-5-4-6-24-13)9-26-16(15)19-14(20)8-25-17(21)11-7-10(11)2/h4-6,9-11H,3,7-8H2,1-2H3,(H,19,20)/t10-,11+/m1/s1. The van der Waals surface area contributed by atoms with Crippen molar-refractivity contribution in [3.63, 3.8) is 0 Å². The van der Waals surface area contributed by atoms with E-state index in [4.69, 9.17) is 13.9 Å². The Kier molecular flexibility index (Phi) is 5.41. The molecule has 1 aliphatic carbocycles. The Labute approximate surface area is 154 Å². The molecule has 0 spiro atoms. The third-order valence-electron chi connectivity index (χ3n) is 4.07. The van der Waals surface area contributed by atoms with Gasteiger partial charge in [-0.25, -0.2) is 4.79 Å². The van der Waals surface area contributed by atoms with Gasteiger partial charge in [0.05, 0.1) is 18.8 Å². The Morgan fingerprint density at radius 2 is 2.12 bits per heavy atom. The number of ether oxygens (including phenoxy) is 2. The van der Waals surface area contributed by atoms with Crippen LogP contribution in [0.4, 0.5) is 5.00 Å². The number of hydrogen-bond donors (Lipinski definition) is 1. The summed E-state index contributed by atoms with van der Waals surface area (Å²) >= 11 is 1.18. The molecule has 0 aromatic carbocycles. The number of anilines is 1. The van der Waals surface area contributed by atoms with Crippen molar-refractivity contribution in [2.75, 3.05) is 18.5 Å². The molecule has 0 saturated heterocycles. The minimum absolute atomic E-state index is 0.106. The van der Waals surface area contributed by atoms with Crippen molar-refractivity contribution < 1.29 is 28.3 Å². The summed E-state index contributed by atoms with van der Waals surface area (Å²) in [7, 11) is 0. The zero-order chi connectivity index (χ0) is 18.7. The van der Waals surface area contributed by atoms with Crippen LogP contribution in [0.5, 0.6) is 0 Å². The summed E-state index contributed by atoms with van der Waals surface area (Å²) in [5, 5.41) is 4.65. The molecule has 1 amide bonds. The van der Waals surface area contributed by atoms with Gasteiger partial charge in [-0.15, -0.1) is 11.3 Å². The van der Waals surface area contributed by atoms with Gasteiger partial charge >= 0.3 is 11.9 Å². The predicted octanol–water partition coefficient (Wildman–Crippen LogP) is 3.32. The number of nitrogens with one attached hydrogen (secondary N) is 1. The number of esters is 2. The van der Waals surface area contributed by atoms with Crippen LogP contribution in [0.2, 0.25) is 0 Å². The highest BCUT2D eigenvalue weighted by Gasteiger charge is 2.40.